The van der Waals surface area contributed by atoms with E-state index in [1.807, 2.05) is 134 Å². The molecule has 0 radical (unpaired) electrons. The second-order valence-electron chi connectivity index (χ2n) is 12.7. The summed E-state index contributed by atoms with van der Waals surface area (Å²) < 4.78 is 25.4. The van der Waals surface area contributed by atoms with Gasteiger partial charge >= 0.3 is 0 Å². The van der Waals surface area contributed by atoms with E-state index in [0.29, 0.717) is 68.8 Å². The minimum absolute atomic E-state index is 0.0724. The van der Waals surface area contributed by atoms with E-state index in [4.69, 9.17) is 29.0 Å². The van der Waals surface area contributed by atoms with Crippen molar-refractivity contribution >= 4 is 27.7 Å². The van der Waals surface area contributed by atoms with Crippen molar-refractivity contribution in [2.24, 2.45) is 4.99 Å². The number of carbonyl (C=O) groups is 1. The first-order valence-corrected chi connectivity index (χ1v) is 18.3. The predicted molar refractivity (Wildman–Crippen MR) is 206 cm³/mol. The van der Waals surface area contributed by atoms with Crippen LogP contribution in [0.25, 0.3) is 0 Å². The molecule has 2 atom stereocenters. The number of nitrogens with one attached hydrogen (secondary N) is 1. The zero-order valence-electron chi connectivity index (χ0n) is 29.2. The van der Waals surface area contributed by atoms with Gasteiger partial charge in [-0.3, -0.25) is 4.79 Å². The summed E-state index contributed by atoms with van der Waals surface area (Å²) in [4.78, 5) is 19.3. The fourth-order valence-corrected chi connectivity index (χ4v) is 6.38. The van der Waals surface area contributed by atoms with Gasteiger partial charge in [-0.15, -0.1) is 0 Å². The fourth-order valence-electron chi connectivity index (χ4n) is 5.96. The highest BCUT2D eigenvalue weighted by Gasteiger charge is 2.50. The largest absolute Gasteiger partial charge is 0.494 e. The molecule has 0 spiro atoms. The maximum absolute atomic E-state index is 14.3. The highest BCUT2D eigenvalue weighted by atomic mass is 79.9. The molecule has 0 aliphatic carbocycles. The number of halogens is 1. The monoisotopic (exact) mass is 762 g/mol. The Bertz CT molecular complexity index is 1940. The van der Waals surface area contributed by atoms with Crippen molar-refractivity contribution in [3.63, 3.8) is 0 Å². The molecule has 0 fully saturated rings. The smallest absolute Gasteiger partial charge is 0.252 e. The van der Waals surface area contributed by atoms with Crippen molar-refractivity contribution in [1.82, 2.24) is 5.32 Å². The number of rotatable bonds is 17. The lowest BCUT2D eigenvalue weighted by Crippen LogP contribution is -2.53. The Morgan fingerprint density at radius 1 is 0.808 bits per heavy atom. The Balaban J connectivity index is 1.18. The molecule has 9 heteroatoms. The highest BCUT2D eigenvalue weighted by Crippen LogP contribution is 2.35. The van der Waals surface area contributed by atoms with E-state index in [0.717, 1.165) is 32.3 Å². The molecule has 5 aromatic rings. The third-order valence-corrected chi connectivity index (χ3v) is 9.70. The molecule has 8 nitrogen and oxygen atoms in total. The number of carbonyl (C=O) groups excluding carboxylic acids is 1. The third-order valence-electron chi connectivity index (χ3n) is 8.93. The average molecular weight is 764 g/mol. The molecule has 0 aromatic heterocycles. The van der Waals surface area contributed by atoms with Crippen molar-refractivity contribution < 1.29 is 28.8 Å². The number of aliphatic hydroxyl groups is 1. The maximum atomic E-state index is 14.3. The Morgan fingerprint density at radius 2 is 1.46 bits per heavy atom. The third kappa shape index (κ3) is 9.40. The van der Waals surface area contributed by atoms with Crippen LogP contribution in [-0.2, 0) is 35.6 Å². The number of hydrogen-bond donors (Lipinski definition) is 2. The van der Waals surface area contributed by atoms with Crippen LogP contribution in [0.1, 0.15) is 41.2 Å². The minimum atomic E-state index is -1.20. The van der Waals surface area contributed by atoms with E-state index < -0.39 is 11.6 Å². The average Bonchev–Trinajstić information content (AvgIpc) is 3.52. The number of ether oxygens (including phenoxy) is 4. The molecule has 0 saturated heterocycles. The molecule has 5 aromatic carbocycles. The van der Waals surface area contributed by atoms with Crippen LogP contribution in [-0.4, -0.2) is 48.3 Å². The first-order valence-electron chi connectivity index (χ1n) is 17.5. The van der Waals surface area contributed by atoms with Gasteiger partial charge < -0.3 is 29.4 Å². The predicted octanol–water partition coefficient (Wildman–Crippen LogP) is 7.87. The quantitative estimate of drug-likeness (QED) is 0.0937. The number of aliphatic imine (C=N–C) groups is 1. The zero-order chi connectivity index (χ0) is 36.2. The summed E-state index contributed by atoms with van der Waals surface area (Å²) in [5.41, 5.74) is 3.62. The number of benzene rings is 5. The maximum Gasteiger partial charge on any atom is 0.252 e. The van der Waals surface area contributed by atoms with Crippen LogP contribution in [0.4, 0.5) is 0 Å². The van der Waals surface area contributed by atoms with Crippen LogP contribution >= 0.6 is 15.9 Å². The van der Waals surface area contributed by atoms with Gasteiger partial charge in [-0.2, -0.15) is 0 Å². The minimum Gasteiger partial charge on any atom is -0.494 e. The topological polar surface area (TPSA) is 98.6 Å². The van der Waals surface area contributed by atoms with Crippen LogP contribution in [0, 0.1) is 0 Å². The van der Waals surface area contributed by atoms with Gasteiger partial charge in [-0.25, -0.2) is 4.99 Å². The van der Waals surface area contributed by atoms with Crippen molar-refractivity contribution in [2.75, 3.05) is 19.8 Å². The second kappa shape index (κ2) is 17.9. The van der Waals surface area contributed by atoms with Gasteiger partial charge in [0.15, 0.2) is 17.0 Å². The molecule has 1 aliphatic rings. The summed E-state index contributed by atoms with van der Waals surface area (Å²) in [5, 5.41) is 12.2. The van der Waals surface area contributed by atoms with Gasteiger partial charge in [-0.1, -0.05) is 101 Å². The van der Waals surface area contributed by atoms with Crippen LogP contribution in [0.5, 0.6) is 17.2 Å². The van der Waals surface area contributed by atoms with Gasteiger partial charge in [0.25, 0.3) is 5.91 Å². The van der Waals surface area contributed by atoms with E-state index in [9.17, 15) is 4.79 Å². The molecule has 268 valence electrons. The normalized spacial score (nSPS) is 16.4. The van der Waals surface area contributed by atoms with Gasteiger partial charge in [0.05, 0.1) is 6.61 Å². The number of aliphatic hydroxyl groups excluding tert-OH is 1. The number of amides is 1. The zero-order valence-corrected chi connectivity index (χ0v) is 30.8. The Hall–Kier alpha value is -5.12. The van der Waals surface area contributed by atoms with E-state index in [-0.39, 0.29) is 12.5 Å². The van der Waals surface area contributed by atoms with Gasteiger partial charge in [0.1, 0.15) is 25.1 Å². The van der Waals surface area contributed by atoms with Crippen molar-refractivity contribution in [2.45, 2.75) is 51.0 Å². The standard InChI is InChI=1S/C43H43BrN2O6/c1-31-43(28-36-15-8-9-16-38(36)44,46-41(52-31)35-18-20-37(21-19-35)49-26-10-25-47)42(48)45-24-23-32-17-22-39(50-29-33-11-4-2-5-12-33)40(27-32)51-30-34-13-6-3-7-14-34/h2-9,11-22,27,31,47H,10,23-26,28-30H2,1H3,(H,45,48)/t31-,43-/m1/s1. The van der Waals surface area contributed by atoms with Gasteiger partial charge in [0.2, 0.25) is 5.90 Å². The van der Waals surface area contributed by atoms with E-state index in [1.54, 1.807) is 0 Å². The van der Waals surface area contributed by atoms with Crippen molar-refractivity contribution in [1.29, 1.82) is 0 Å². The summed E-state index contributed by atoms with van der Waals surface area (Å²) in [6, 6.07) is 41.3. The molecular weight excluding hydrogens is 720 g/mol. The summed E-state index contributed by atoms with van der Waals surface area (Å²) in [7, 11) is 0. The highest BCUT2D eigenvalue weighted by molar-refractivity contribution is 9.10. The fraction of sp³-hybridized carbons (Fsp3) is 0.256. The van der Waals surface area contributed by atoms with E-state index >= 15 is 0 Å². The van der Waals surface area contributed by atoms with E-state index in [2.05, 4.69) is 21.2 Å². The Morgan fingerprint density at radius 3 is 2.13 bits per heavy atom. The first-order chi connectivity index (χ1) is 25.4. The summed E-state index contributed by atoms with van der Waals surface area (Å²) >= 11 is 3.67. The summed E-state index contributed by atoms with van der Waals surface area (Å²) in [6.45, 7) is 3.59. The first kappa shape index (κ1) is 36.7. The van der Waals surface area contributed by atoms with Gasteiger partial charge in [0, 0.05) is 36.0 Å². The molecule has 0 bridgehead atoms. The van der Waals surface area contributed by atoms with Crippen LogP contribution in [0.15, 0.2) is 137 Å². The number of hydrogen-bond acceptors (Lipinski definition) is 7. The Labute approximate surface area is 313 Å². The molecule has 1 aliphatic heterocycles. The molecule has 1 heterocycles. The molecule has 1 amide bonds. The lowest BCUT2D eigenvalue weighted by Gasteiger charge is -2.28. The molecule has 2 N–H and O–H groups in total. The summed E-state index contributed by atoms with van der Waals surface area (Å²) in [6.07, 6.45) is 0.938. The molecule has 0 unspecified atom stereocenters. The molecule has 0 saturated carbocycles. The lowest BCUT2D eigenvalue weighted by molar-refractivity contribution is -0.128. The van der Waals surface area contributed by atoms with Gasteiger partial charge in [-0.05, 0) is 78.1 Å². The van der Waals surface area contributed by atoms with E-state index in [1.165, 1.54) is 0 Å². The summed E-state index contributed by atoms with van der Waals surface area (Å²) in [5.74, 6) is 2.18. The molecule has 6 rings (SSSR count). The van der Waals surface area contributed by atoms with Crippen LogP contribution in [0.2, 0.25) is 0 Å². The molecule has 52 heavy (non-hydrogen) atoms. The van der Waals surface area contributed by atoms with Crippen molar-refractivity contribution in [3.8, 4) is 17.2 Å². The van der Waals surface area contributed by atoms with Crippen LogP contribution in [0.3, 0.4) is 0 Å². The van der Waals surface area contributed by atoms with Crippen molar-refractivity contribution in [3.05, 3.63) is 160 Å². The number of nitrogens with zero attached hydrogens (tertiary/aromatic N) is 1. The second-order valence-corrected chi connectivity index (χ2v) is 13.5. The SMILES string of the molecule is C[C@H]1OC(c2ccc(OCCCO)cc2)=N[C@@]1(Cc1ccccc1Br)C(=O)NCCc1ccc(OCc2ccccc2)c(OCc2ccccc2)c1. The molecular formula is C43H43BrN2O6. The lowest BCUT2D eigenvalue weighted by atomic mass is 9.86. The van der Waals surface area contributed by atoms with Crippen LogP contribution < -0.4 is 19.5 Å². The Kier molecular flexibility index (Phi) is 12.6.